The van der Waals surface area contributed by atoms with Crippen molar-refractivity contribution in [2.45, 2.75) is 71.1 Å². The van der Waals surface area contributed by atoms with E-state index in [1.807, 2.05) is 49.4 Å². The Kier molecular flexibility index (Phi) is 12.1. The molecule has 0 saturated carbocycles. The fourth-order valence-corrected chi connectivity index (χ4v) is 5.40. The van der Waals surface area contributed by atoms with E-state index in [2.05, 4.69) is 5.32 Å². The summed E-state index contributed by atoms with van der Waals surface area (Å²) >= 11 is 0. The van der Waals surface area contributed by atoms with Crippen molar-refractivity contribution in [3.8, 4) is 0 Å². The number of aryl methyl sites for hydroxylation is 1. The molecule has 10 nitrogen and oxygen atoms in total. The molecular formula is C37H44N2O8. The molecule has 1 fully saturated rings. The van der Waals surface area contributed by atoms with Gasteiger partial charge in [-0.25, -0.2) is 19.3 Å². The van der Waals surface area contributed by atoms with Gasteiger partial charge in [-0.15, -0.1) is 0 Å². The number of methoxy groups -OCH3 is 1. The van der Waals surface area contributed by atoms with E-state index < -0.39 is 41.6 Å². The fourth-order valence-electron chi connectivity index (χ4n) is 5.40. The number of hydrogen-bond acceptors (Lipinski definition) is 8. The Labute approximate surface area is 276 Å². The van der Waals surface area contributed by atoms with Crippen molar-refractivity contribution in [3.63, 3.8) is 0 Å². The Morgan fingerprint density at radius 2 is 1.68 bits per heavy atom. The van der Waals surface area contributed by atoms with Crippen molar-refractivity contribution in [1.29, 1.82) is 0 Å². The summed E-state index contributed by atoms with van der Waals surface area (Å²) < 4.78 is 21.4. The zero-order valence-electron chi connectivity index (χ0n) is 27.7. The molecule has 1 heterocycles. The quantitative estimate of drug-likeness (QED) is 0.174. The minimum absolute atomic E-state index is 0.0421. The highest BCUT2D eigenvalue weighted by Crippen LogP contribution is 2.28. The van der Waals surface area contributed by atoms with Crippen LogP contribution in [0.25, 0.3) is 0 Å². The highest BCUT2D eigenvalue weighted by atomic mass is 16.6. The molecule has 1 saturated heterocycles. The molecule has 2 atom stereocenters. The Bertz CT molecular complexity index is 1530. The number of alkyl carbamates (subject to hydrolysis) is 1. The third kappa shape index (κ3) is 10.1. The van der Waals surface area contributed by atoms with Gasteiger partial charge < -0.3 is 24.3 Å². The molecule has 3 aromatic rings. The number of nitrogens with zero attached hydrogens (tertiary/aromatic N) is 1. The Balaban J connectivity index is 1.47. The predicted molar refractivity (Wildman–Crippen MR) is 176 cm³/mol. The molecule has 0 radical (unpaired) electrons. The molecule has 1 aliphatic rings. The van der Waals surface area contributed by atoms with Crippen LogP contribution in [0.4, 0.5) is 9.59 Å². The number of cyclic esters (lactones) is 1. The van der Waals surface area contributed by atoms with Crippen LogP contribution in [0.15, 0.2) is 72.8 Å². The van der Waals surface area contributed by atoms with E-state index in [9.17, 15) is 19.2 Å². The number of ether oxygens (including phenoxy) is 4. The van der Waals surface area contributed by atoms with E-state index in [0.717, 1.165) is 28.7 Å². The standard InChI is InChI=1S/C37H44N2O8/c1-25-21-27(18-20-44-5)13-16-31(25)34(41)45-23-28-11-14-29(15-12-28)32(17-19-38-35(42)47-37(2,3)4)33(40)39-30(24-46-36(39)43)22-26-9-7-6-8-10-26/h6-16,21,30,32H,17-20,22-24H2,1-5H3,(H,38,42)/t30-,32-/m1/s1. The van der Waals surface area contributed by atoms with Crippen molar-refractivity contribution in [1.82, 2.24) is 10.2 Å². The summed E-state index contributed by atoms with van der Waals surface area (Å²) in [4.78, 5) is 53.2. The third-order valence-corrected chi connectivity index (χ3v) is 7.77. The summed E-state index contributed by atoms with van der Waals surface area (Å²) in [5.41, 5.74) is 4.09. The number of benzene rings is 3. The van der Waals surface area contributed by atoms with E-state index >= 15 is 0 Å². The maximum atomic E-state index is 14.0. The number of esters is 1. The van der Waals surface area contributed by atoms with E-state index in [4.69, 9.17) is 18.9 Å². The second-order valence-corrected chi connectivity index (χ2v) is 12.6. The number of nitrogens with one attached hydrogen (secondary N) is 1. The molecule has 10 heteroatoms. The molecule has 1 aliphatic heterocycles. The molecule has 47 heavy (non-hydrogen) atoms. The largest absolute Gasteiger partial charge is 0.457 e. The lowest BCUT2D eigenvalue weighted by Crippen LogP contribution is -2.43. The van der Waals surface area contributed by atoms with Crippen LogP contribution in [0.2, 0.25) is 0 Å². The van der Waals surface area contributed by atoms with E-state index in [1.54, 1.807) is 58.2 Å². The molecule has 0 unspecified atom stereocenters. The molecule has 1 N–H and O–H groups in total. The molecule has 4 rings (SSSR count). The number of amides is 3. The van der Waals surface area contributed by atoms with Gasteiger partial charge in [0, 0.05) is 13.7 Å². The van der Waals surface area contributed by atoms with E-state index in [1.165, 1.54) is 4.90 Å². The van der Waals surface area contributed by atoms with Crippen molar-refractivity contribution in [2.75, 3.05) is 26.9 Å². The van der Waals surface area contributed by atoms with Crippen LogP contribution in [0, 0.1) is 6.92 Å². The zero-order valence-corrected chi connectivity index (χ0v) is 27.7. The van der Waals surface area contributed by atoms with Crippen molar-refractivity contribution in [3.05, 3.63) is 106 Å². The van der Waals surface area contributed by atoms with Gasteiger partial charge in [0.1, 0.15) is 18.8 Å². The summed E-state index contributed by atoms with van der Waals surface area (Å²) in [6, 6.07) is 21.9. The normalized spacial score (nSPS) is 15.1. The first kappa shape index (κ1) is 35.2. The van der Waals surface area contributed by atoms with E-state index in [-0.39, 0.29) is 26.2 Å². The monoisotopic (exact) mass is 644 g/mol. The molecule has 3 amide bonds. The molecular weight excluding hydrogens is 600 g/mol. The van der Waals surface area contributed by atoms with Crippen LogP contribution in [0.3, 0.4) is 0 Å². The van der Waals surface area contributed by atoms with Crippen LogP contribution in [-0.4, -0.2) is 67.5 Å². The van der Waals surface area contributed by atoms with E-state index in [0.29, 0.717) is 24.2 Å². The smallest absolute Gasteiger partial charge is 0.417 e. The SMILES string of the molecule is COCCc1ccc(C(=O)OCc2ccc([C@@H](CCNC(=O)OC(C)(C)C)C(=O)N3C(=O)OC[C@H]3Cc3ccccc3)cc2)c(C)c1. The number of hydrogen-bond donors (Lipinski definition) is 1. The summed E-state index contributed by atoms with van der Waals surface area (Å²) in [5, 5.41) is 2.71. The fraction of sp³-hybridized carbons (Fsp3) is 0.405. The maximum Gasteiger partial charge on any atom is 0.417 e. The minimum Gasteiger partial charge on any atom is -0.457 e. The molecule has 0 spiro atoms. The van der Waals surface area contributed by atoms with Crippen LogP contribution in [-0.2, 0) is 43.2 Å². The molecule has 0 bridgehead atoms. The predicted octanol–water partition coefficient (Wildman–Crippen LogP) is 6.13. The highest BCUT2D eigenvalue weighted by molar-refractivity contribution is 5.97. The second kappa shape index (κ2) is 16.2. The van der Waals surface area contributed by atoms with Crippen LogP contribution < -0.4 is 5.32 Å². The van der Waals surface area contributed by atoms with Gasteiger partial charge in [-0.3, -0.25) is 4.79 Å². The number of imide groups is 1. The molecule has 0 aliphatic carbocycles. The van der Waals surface area contributed by atoms with Crippen LogP contribution in [0.5, 0.6) is 0 Å². The molecule has 250 valence electrons. The first-order chi connectivity index (χ1) is 22.4. The van der Waals surface area contributed by atoms with Gasteiger partial charge in [0.05, 0.1) is 24.1 Å². The lowest BCUT2D eigenvalue weighted by atomic mass is 9.92. The van der Waals surface area contributed by atoms with Crippen molar-refractivity contribution in [2.24, 2.45) is 0 Å². The first-order valence-electron chi connectivity index (χ1n) is 15.8. The van der Waals surface area contributed by atoms with Crippen molar-refractivity contribution < 1.29 is 38.1 Å². The Morgan fingerprint density at radius 1 is 0.979 bits per heavy atom. The summed E-state index contributed by atoms with van der Waals surface area (Å²) in [7, 11) is 1.65. The topological polar surface area (TPSA) is 120 Å². The minimum atomic E-state index is -0.760. The van der Waals surface area contributed by atoms with Crippen LogP contribution in [0.1, 0.15) is 71.3 Å². The Morgan fingerprint density at radius 3 is 2.34 bits per heavy atom. The number of carbonyl (C=O) groups is 4. The van der Waals surface area contributed by atoms with Gasteiger partial charge in [-0.05, 0) is 80.8 Å². The average Bonchev–Trinajstić information content (AvgIpc) is 3.40. The Hall–Kier alpha value is -4.70. The van der Waals surface area contributed by atoms with Gasteiger partial charge in [0.25, 0.3) is 0 Å². The number of carbonyl (C=O) groups excluding carboxylic acids is 4. The van der Waals surface area contributed by atoms with Crippen LogP contribution >= 0.6 is 0 Å². The summed E-state index contributed by atoms with van der Waals surface area (Å²) in [6.45, 7) is 8.06. The molecule has 3 aromatic carbocycles. The first-order valence-corrected chi connectivity index (χ1v) is 15.8. The zero-order chi connectivity index (χ0) is 34.0. The highest BCUT2D eigenvalue weighted by Gasteiger charge is 2.41. The molecule has 0 aromatic heterocycles. The number of rotatable bonds is 13. The third-order valence-electron chi connectivity index (χ3n) is 7.77. The second-order valence-electron chi connectivity index (χ2n) is 12.6. The average molecular weight is 645 g/mol. The van der Waals surface area contributed by atoms with Gasteiger partial charge >= 0.3 is 18.2 Å². The lowest BCUT2D eigenvalue weighted by molar-refractivity contribution is -0.131. The van der Waals surface area contributed by atoms with Gasteiger partial charge in [-0.1, -0.05) is 66.7 Å². The summed E-state index contributed by atoms with van der Waals surface area (Å²) in [6.07, 6.45) is 0.149. The van der Waals surface area contributed by atoms with Crippen molar-refractivity contribution >= 4 is 24.1 Å². The van der Waals surface area contributed by atoms with Gasteiger partial charge in [0.2, 0.25) is 5.91 Å². The van der Waals surface area contributed by atoms with Gasteiger partial charge in [-0.2, -0.15) is 0 Å². The summed E-state index contributed by atoms with van der Waals surface area (Å²) in [5.74, 6) is -1.60. The lowest BCUT2D eigenvalue weighted by Gasteiger charge is -2.26. The van der Waals surface area contributed by atoms with Gasteiger partial charge in [0.15, 0.2) is 0 Å². The maximum absolute atomic E-state index is 14.0.